The summed E-state index contributed by atoms with van der Waals surface area (Å²) < 4.78 is 37.3. The van der Waals surface area contributed by atoms with E-state index in [1.807, 2.05) is 105 Å². The average molecular weight is 807 g/mol. The molecule has 0 aliphatic rings. The van der Waals surface area contributed by atoms with Crippen molar-refractivity contribution in [1.29, 1.82) is 0 Å². The molecule has 7 aromatic carbocycles. The summed E-state index contributed by atoms with van der Waals surface area (Å²) >= 11 is 0.896. The summed E-state index contributed by atoms with van der Waals surface area (Å²) in [7, 11) is -4.32. The number of aromatic nitrogens is 6. The second kappa shape index (κ2) is 15.0. The lowest BCUT2D eigenvalue weighted by molar-refractivity contribution is -0.432. The van der Waals surface area contributed by atoms with E-state index in [0.29, 0.717) is 38.7 Å². The number of azo groups is 1. The number of hydrogen-bond acceptors (Lipinski definition) is 12. The zero-order valence-electron chi connectivity index (χ0n) is 30.6. The third-order valence-corrected chi connectivity index (χ3v) is 11.2. The highest BCUT2D eigenvalue weighted by Gasteiger charge is 2.16. The first-order chi connectivity index (χ1) is 28.1. The Morgan fingerprint density at radius 3 is 2.00 bits per heavy atom. The van der Waals surface area contributed by atoms with Crippen LogP contribution in [-0.2, 0) is 19.5 Å². The zero-order valence-corrected chi connectivity index (χ0v) is 32.3. The van der Waals surface area contributed by atoms with E-state index in [2.05, 4.69) is 37.6 Å². The molecule has 0 aliphatic carbocycles. The summed E-state index contributed by atoms with van der Waals surface area (Å²) in [6.45, 7) is 4.08. The fourth-order valence-corrected chi connectivity index (χ4v) is 7.79. The van der Waals surface area contributed by atoms with E-state index < -0.39 is 10.1 Å². The molecule has 286 valence electrons. The number of nitrogens with zero attached hydrogens (tertiary/aromatic N) is 8. The van der Waals surface area contributed by atoms with Crippen LogP contribution in [0.2, 0.25) is 0 Å². The molecule has 0 unspecified atom stereocenters. The number of aryl methyl sites for hydroxylation is 2. The largest absolute Gasteiger partial charge is 0.294 e. The van der Waals surface area contributed by atoms with Gasteiger partial charge in [-0.2, -0.15) is 28.2 Å². The Morgan fingerprint density at radius 1 is 0.638 bits per heavy atom. The Morgan fingerprint density at radius 2 is 1.28 bits per heavy atom. The van der Waals surface area contributed by atoms with Crippen molar-refractivity contribution >= 4 is 89.3 Å². The Balaban J connectivity index is 0.883. The maximum absolute atomic E-state index is 11.6. The minimum absolute atomic E-state index is 0.179. The SMILES string of the molecule is Cc1cc(N=Nc2ccc(-n3nc4ccc5cc(S(=O)(=O)O)ccc5c4n3)cc2)ccc1C=Cc1ccc(-n2nc3cc(SOOO)c4ccccc4c3n2)cc1C. The van der Waals surface area contributed by atoms with Crippen LogP contribution in [0.1, 0.15) is 22.3 Å². The molecule has 0 saturated carbocycles. The first-order valence-electron chi connectivity index (χ1n) is 17.7. The molecule has 0 atom stereocenters. The number of benzene rings is 7. The standard InChI is InChI=1S/C42H30N8O6S2/c1-25-21-31(44-43-30-13-16-32(17-14-30)49-45-38-20-11-29-23-34(58(52,53)54)18-19-35(29)41(38)47-49)12-9-27(25)7-8-28-10-15-33(22-26(28)2)50-46-39-24-40(57-56-55-51)36-5-3-4-6-37(36)42(39)48-50/h3-24,51H,1-2H3,(H,52,53,54). The molecule has 0 fully saturated rings. The summed E-state index contributed by atoms with van der Waals surface area (Å²) in [5, 5.41) is 43.3. The highest BCUT2D eigenvalue weighted by atomic mass is 32.2. The van der Waals surface area contributed by atoms with Crippen molar-refractivity contribution < 1.29 is 27.6 Å². The molecule has 9 rings (SSSR count). The summed E-state index contributed by atoms with van der Waals surface area (Å²) in [6.07, 6.45) is 4.16. The Bertz CT molecular complexity index is 3240. The first kappa shape index (κ1) is 36.9. The van der Waals surface area contributed by atoms with E-state index in [4.69, 9.17) is 19.8 Å². The fourth-order valence-electron chi connectivity index (χ4n) is 6.74. The van der Waals surface area contributed by atoms with Crippen molar-refractivity contribution in [1.82, 2.24) is 30.0 Å². The highest BCUT2D eigenvalue weighted by Crippen LogP contribution is 2.34. The van der Waals surface area contributed by atoms with E-state index >= 15 is 0 Å². The maximum Gasteiger partial charge on any atom is 0.294 e. The van der Waals surface area contributed by atoms with Crippen molar-refractivity contribution in [3.8, 4) is 11.4 Å². The average Bonchev–Trinajstić information content (AvgIpc) is 3.87. The van der Waals surface area contributed by atoms with Gasteiger partial charge in [0.15, 0.2) is 0 Å². The van der Waals surface area contributed by atoms with Gasteiger partial charge in [-0.15, -0.1) is 24.7 Å². The third-order valence-electron chi connectivity index (χ3n) is 9.69. The van der Waals surface area contributed by atoms with Crippen molar-refractivity contribution in [2.75, 3.05) is 0 Å². The van der Waals surface area contributed by atoms with Crippen LogP contribution in [0.15, 0.2) is 141 Å². The van der Waals surface area contributed by atoms with Gasteiger partial charge in [0.1, 0.15) is 22.1 Å². The molecule has 0 spiro atoms. The first-order valence-corrected chi connectivity index (χ1v) is 19.9. The predicted octanol–water partition coefficient (Wildman–Crippen LogP) is 10.3. The molecule has 16 heteroatoms. The van der Waals surface area contributed by atoms with Gasteiger partial charge in [-0.3, -0.25) is 4.55 Å². The molecule has 0 bridgehead atoms. The lowest BCUT2D eigenvalue weighted by atomic mass is 10.0. The number of rotatable bonds is 10. The van der Waals surface area contributed by atoms with Crippen LogP contribution < -0.4 is 0 Å². The summed E-state index contributed by atoms with van der Waals surface area (Å²) in [5.41, 5.74) is 9.79. The van der Waals surface area contributed by atoms with Gasteiger partial charge in [0, 0.05) is 21.1 Å². The van der Waals surface area contributed by atoms with Crippen molar-refractivity contribution in [3.63, 3.8) is 0 Å². The normalized spacial score (nSPS) is 12.3. The van der Waals surface area contributed by atoms with Gasteiger partial charge in [-0.05, 0) is 114 Å². The molecule has 0 aliphatic heterocycles. The third kappa shape index (κ3) is 7.22. The van der Waals surface area contributed by atoms with Crippen molar-refractivity contribution in [2.24, 2.45) is 10.2 Å². The van der Waals surface area contributed by atoms with Crippen LogP contribution in [0, 0.1) is 13.8 Å². The maximum atomic E-state index is 11.6. The lowest BCUT2D eigenvalue weighted by Crippen LogP contribution is -1.99. The topological polar surface area (TPSA) is 179 Å². The molecule has 0 radical (unpaired) electrons. The van der Waals surface area contributed by atoms with E-state index in [0.717, 1.165) is 66.9 Å². The summed E-state index contributed by atoms with van der Waals surface area (Å²) in [5.74, 6) is 0. The fraction of sp³-hybridized carbons (Fsp3) is 0.0476. The van der Waals surface area contributed by atoms with E-state index in [9.17, 15) is 13.0 Å². The molecule has 0 saturated heterocycles. The highest BCUT2D eigenvalue weighted by molar-refractivity contribution is 7.94. The van der Waals surface area contributed by atoms with Crippen LogP contribution in [-0.4, -0.2) is 48.2 Å². The van der Waals surface area contributed by atoms with E-state index in [1.165, 1.54) is 16.9 Å². The number of fused-ring (bicyclic) bond motifs is 6. The molecule has 2 aromatic heterocycles. The molecule has 2 heterocycles. The second-order valence-corrected chi connectivity index (χ2v) is 15.6. The van der Waals surface area contributed by atoms with Gasteiger partial charge in [-0.25, -0.2) is 5.26 Å². The molecular formula is C42H30N8O6S2. The zero-order chi connectivity index (χ0) is 40.0. The minimum atomic E-state index is -4.32. The van der Waals surface area contributed by atoms with Crippen molar-refractivity contribution in [2.45, 2.75) is 23.6 Å². The van der Waals surface area contributed by atoms with Crippen LogP contribution in [0.25, 0.3) is 67.1 Å². The Labute approximate surface area is 334 Å². The van der Waals surface area contributed by atoms with Crippen LogP contribution in [0.4, 0.5) is 11.4 Å². The van der Waals surface area contributed by atoms with Gasteiger partial charge in [-0.1, -0.05) is 65.7 Å². The molecule has 2 N–H and O–H groups in total. The van der Waals surface area contributed by atoms with Gasteiger partial charge < -0.3 is 0 Å². The minimum Gasteiger partial charge on any atom is -0.282 e. The monoisotopic (exact) mass is 806 g/mol. The summed E-state index contributed by atoms with van der Waals surface area (Å²) in [4.78, 5) is 3.69. The van der Waals surface area contributed by atoms with Gasteiger partial charge >= 0.3 is 0 Å². The van der Waals surface area contributed by atoms with Crippen LogP contribution in [0.3, 0.4) is 0 Å². The van der Waals surface area contributed by atoms with Gasteiger partial charge in [0.25, 0.3) is 10.1 Å². The summed E-state index contributed by atoms with van der Waals surface area (Å²) in [6, 6.07) is 36.9. The van der Waals surface area contributed by atoms with Gasteiger partial charge in [0.05, 0.1) is 39.7 Å². The quantitative estimate of drug-likeness (QED) is 0.0335. The molecular weight excluding hydrogens is 777 g/mol. The molecule has 9 aromatic rings. The smallest absolute Gasteiger partial charge is 0.282 e. The van der Waals surface area contributed by atoms with E-state index in [-0.39, 0.29) is 4.90 Å². The number of hydrogen-bond donors (Lipinski definition) is 2. The Kier molecular flexibility index (Phi) is 9.57. The lowest BCUT2D eigenvalue weighted by Gasteiger charge is -2.06. The van der Waals surface area contributed by atoms with E-state index in [1.54, 1.807) is 23.0 Å². The second-order valence-electron chi connectivity index (χ2n) is 13.4. The predicted molar refractivity (Wildman–Crippen MR) is 222 cm³/mol. The van der Waals surface area contributed by atoms with Crippen LogP contribution >= 0.6 is 12.0 Å². The Hall–Kier alpha value is -6.66. The van der Waals surface area contributed by atoms with Crippen LogP contribution in [0.5, 0.6) is 0 Å². The molecule has 0 amide bonds. The van der Waals surface area contributed by atoms with Gasteiger partial charge in [0.2, 0.25) is 0 Å². The molecule has 58 heavy (non-hydrogen) atoms. The molecule has 14 nitrogen and oxygen atoms in total. The van der Waals surface area contributed by atoms with Crippen molar-refractivity contribution in [3.05, 3.63) is 144 Å².